The maximum absolute atomic E-state index is 14.6. The highest BCUT2D eigenvalue weighted by Crippen LogP contribution is 2.31. The highest BCUT2D eigenvalue weighted by Gasteiger charge is 2.17. The molecule has 0 aliphatic heterocycles. The van der Waals surface area contributed by atoms with E-state index in [0.29, 0.717) is 11.3 Å². The van der Waals surface area contributed by atoms with Crippen LogP contribution in [0, 0.1) is 19.7 Å². The van der Waals surface area contributed by atoms with Gasteiger partial charge in [-0.05, 0) is 51.5 Å². The van der Waals surface area contributed by atoms with Gasteiger partial charge in [-0.25, -0.2) is 18.9 Å². The van der Waals surface area contributed by atoms with Gasteiger partial charge in [-0.2, -0.15) is 5.10 Å². The molecule has 0 aliphatic carbocycles. The molecule has 4 rings (SSSR count). The SMILES string of the molecule is Cc1ncc2c(-c3cc(F)c4nc(C)n(C(C)C)c4c3)ccn2n1. The van der Waals surface area contributed by atoms with Gasteiger partial charge < -0.3 is 4.57 Å². The van der Waals surface area contributed by atoms with E-state index >= 15 is 0 Å². The van der Waals surface area contributed by atoms with Gasteiger partial charge in [-0.3, -0.25) is 0 Å². The lowest BCUT2D eigenvalue weighted by molar-refractivity contribution is 0.600. The smallest absolute Gasteiger partial charge is 0.151 e. The van der Waals surface area contributed by atoms with Crippen LogP contribution >= 0.6 is 0 Å². The number of halogens is 1. The lowest BCUT2D eigenvalue weighted by Crippen LogP contribution is -2.02. The number of aromatic nitrogens is 5. The third kappa shape index (κ3) is 2.10. The summed E-state index contributed by atoms with van der Waals surface area (Å²) in [4.78, 5) is 8.65. The number of aryl methyl sites for hydroxylation is 2. The fraction of sp³-hybridized carbons (Fsp3) is 0.278. The molecule has 0 fully saturated rings. The third-order valence-electron chi connectivity index (χ3n) is 4.28. The maximum atomic E-state index is 14.6. The predicted molar refractivity (Wildman–Crippen MR) is 91.5 cm³/mol. The molecule has 0 saturated carbocycles. The maximum Gasteiger partial charge on any atom is 0.151 e. The summed E-state index contributed by atoms with van der Waals surface area (Å²) in [6.07, 6.45) is 3.64. The predicted octanol–water partition coefficient (Wildman–Crippen LogP) is 4.08. The Morgan fingerprint density at radius 3 is 2.67 bits per heavy atom. The molecular weight excluding hydrogens is 305 g/mol. The van der Waals surface area contributed by atoms with Gasteiger partial charge in [0.2, 0.25) is 0 Å². The van der Waals surface area contributed by atoms with Crippen molar-refractivity contribution in [2.45, 2.75) is 33.7 Å². The zero-order chi connectivity index (χ0) is 17.0. The van der Waals surface area contributed by atoms with Gasteiger partial charge >= 0.3 is 0 Å². The van der Waals surface area contributed by atoms with Crippen molar-refractivity contribution in [1.29, 1.82) is 0 Å². The van der Waals surface area contributed by atoms with E-state index in [0.717, 1.165) is 28.0 Å². The molecule has 4 aromatic rings. The third-order valence-corrected chi connectivity index (χ3v) is 4.28. The summed E-state index contributed by atoms with van der Waals surface area (Å²) in [6, 6.07) is 5.68. The Morgan fingerprint density at radius 2 is 1.92 bits per heavy atom. The first kappa shape index (κ1) is 14.8. The minimum atomic E-state index is -0.308. The second kappa shape index (κ2) is 5.12. The normalized spacial score (nSPS) is 11.9. The fourth-order valence-electron chi connectivity index (χ4n) is 3.31. The molecule has 6 heteroatoms. The first-order valence-electron chi connectivity index (χ1n) is 7.95. The van der Waals surface area contributed by atoms with Crippen molar-refractivity contribution in [2.24, 2.45) is 0 Å². The Labute approximate surface area is 138 Å². The largest absolute Gasteiger partial charge is 0.326 e. The van der Waals surface area contributed by atoms with Crippen molar-refractivity contribution in [2.75, 3.05) is 0 Å². The molecule has 0 spiro atoms. The molecule has 0 saturated heterocycles. The number of rotatable bonds is 2. The van der Waals surface area contributed by atoms with Crippen LogP contribution in [-0.2, 0) is 0 Å². The summed E-state index contributed by atoms with van der Waals surface area (Å²) in [5.74, 6) is 1.20. The van der Waals surface area contributed by atoms with Crippen molar-refractivity contribution >= 4 is 16.6 Å². The van der Waals surface area contributed by atoms with Gasteiger partial charge in [0.15, 0.2) is 5.82 Å². The van der Waals surface area contributed by atoms with Gasteiger partial charge in [-0.15, -0.1) is 0 Å². The lowest BCUT2D eigenvalue weighted by atomic mass is 10.1. The van der Waals surface area contributed by atoms with Gasteiger partial charge in [0.25, 0.3) is 0 Å². The van der Waals surface area contributed by atoms with Crippen LogP contribution in [0.3, 0.4) is 0 Å². The Balaban J connectivity index is 2.01. The van der Waals surface area contributed by atoms with Crippen molar-refractivity contribution in [1.82, 2.24) is 24.1 Å². The van der Waals surface area contributed by atoms with Crippen LogP contribution in [-0.4, -0.2) is 24.1 Å². The Morgan fingerprint density at radius 1 is 1.12 bits per heavy atom. The van der Waals surface area contributed by atoms with Crippen molar-refractivity contribution in [3.05, 3.63) is 48.1 Å². The molecular formula is C18H18FN5. The van der Waals surface area contributed by atoms with Gasteiger partial charge in [0, 0.05) is 17.8 Å². The molecule has 24 heavy (non-hydrogen) atoms. The van der Waals surface area contributed by atoms with Crippen molar-refractivity contribution in [3.8, 4) is 11.1 Å². The molecule has 0 amide bonds. The monoisotopic (exact) mass is 323 g/mol. The highest BCUT2D eigenvalue weighted by atomic mass is 19.1. The molecule has 0 bridgehead atoms. The molecule has 3 aromatic heterocycles. The van der Waals surface area contributed by atoms with Gasteiger partial charge in [0.05, 0.1) is 17.2 Å². The summed E-state index contributed by atoms with van der Waals surface area (Å²) in [5.41, 5.74) is 3.79. The minimum absolute atomic E-state index is 0.210. The molecule has 0 N–H and O–H groups in total. The van der Waals surface area contributed by atoms with E-state index in [4.69, 9.17) is 0 Å². The average Bonchev–Trinajstić information content (AvgIpc) is 3.07. The van der Waals surface area contributed by atoms with E-state index in [1.165, 1.54) is 6.07 Å². The van der Waals surface area contributed by atoms with E-state index in [1.54, 1.807) is 10.7 Å². The molecule has 3 heterocycles. The second-order valence-electron chi connectivity index (χ2n) is 6.31. The molecule has 5 nitrogen and oxygen atoms in total. The summed E-state index contributed by atoms with van der Waals surface area (Å²) in [6.45, 7) is 7.89. The molecule has 0 atom stereocenters. The van der Waals surface area contributed by atoms with Gasteiger partial charge in [-0.1, -0.05) is 0 Å². The van der Waals surface area contributed by atoms with Crippen LogP contribution in [0.2, 0.25) is 0 Å². The van der Waals surface area contributed by atoms with Crippen LogP contribution in [0.25, 0.3) is 27.7 Å². The van der Waals surface area contributed by atoms with E-state index in [1.807, 2.05) is 32.2 Å². The van der Waals surface area contributed by atoms with E-state index < -0.39 is 0 Å². The standard InChI is InChI=1S/C18H18FN5/c1-10(2)24-12(4)21-18-15(19)7-13(8-16(18)24)14-5-6-23-17(14)9-20-11(3)22-23/h5-10H,1-4H3. The number of nitrogens with zero attached hydrogens (tertiary/aromatic N) is 5. The number of fused-ring (bicyclic) bond motifs is 2. The number of hydrogen-bond acceptors (Lipinski definition) is 3. The fourth-order valence-corrected chi connectivity index (χ4v) is 3.31. The molecule has 0 unspecified atom stereocenters. The average molecular weight is 323 g/mol. The van der Waals surface area contributed by atoms with Crippen LogP contribution in [0.5, 0.6) is 0 Å². The summed E-state index contributed by atoms with van der Waals surface area (Å²) in [7, 11) is 0. The Kier molecular flexibility index (Phi) is 3.16. The molecule has 0 aliphatic rings. The number of imidazole rings is 1. The van der Waals surface area contributed by atoms with E-state index in [-0.39, 0.29) is 11.9 Å². The topological polar surface area (TPSA) is 48.0 Å². The Bertz CT molecular complexity index is 1070. The highest BCUT2D eigenvalue weighted by molar-refractivity contribution is 5.88. The molecule has 1 aromatic carbocycles. The first-order valence-corrected chi connectivity index (χ1v) is 7.95. The number of benzene rings is 1. The van der Waals surface area contributed by atoms with Crippen LogP contribution in [0.4, 0.5) is 4.39 Å². The van der Waals surface area contributed by atoms with E-state index in [2.05, 4.69) is 33.5 Å². The van der Waals surface area contributed by atoms with Crippen LogP contribution in [0.15, 0.2) is 30.6 Å². The Hall–Kier alpha value is -2.76. The summed E-state index contributed by atoms with van der Waals surface area (Å²) >= 11 is 0. The summed E-state index contributed by atoms with van der Waals surface area (Å²) < 4.78 is 18.5. The van der Waals surface area contributed by atoms with Gasteiger partial charge in [0.1, 0.15) is 17.2 Å². The second-order valence-corrected chi connectivity index (χ2v) is 6.31. The molecule has 122 valence electrons. The molecule has 0 radical (unpaired) electrons. The lowest BCUT2D eigenvalue weighted by Gasteiger charge is -2.11. The van der Waals surface area contributed by atoms with Crippen LogP contribution < -0.4 is 0 Å². The number of hydrogen-bond donors (Lipinski definition) is 0. The summed E-state index contributed by atoms with van der Waals surface area (Å²) in [5, 5.41) is 4.35. The first-order chi connectivity index (χ1) is 11.5. The van der Waals surface area contributed by atoms with Crippen LogP contribution in [0.1, 0.15) is 31.5 Å². The minimum Gasteiger partial charge on any atom is -0.326 e. The van der Waals surface area contributed by atoms with Crippen molar-refractivity contribution in [3.63, 3.8) is 0 Å². The van der Waals surface area contributed by atoms with Crippen molar-refractivity contribution < 1.29 is 4.39 Å². The zero-order valence-electron chi connectivity index (χ0n) is 14.1. The zero-order valence-corrected chi connectivity index (χ0v) is 14.1. The quantitative estimate of drug-likeness (QED) is 0.558. The van der Waals surface area contributed by atoms with E-state index in [9.17, 15) is 4.39 Å².